The number of carbonyl (C=O) groups excluding carboxylic acids is 1. The number of nitrogens with zero attached hydrogens (tertiary/aromatic N) is 2. The van der Waals surface area contributed by atoms with Gasteiger partial charge in [-0.2, -0.15) is 0 Å². The number of amides is 1. The van der Waals surface area contributed by atoms with Crippen molar-refractivity contribution in [3.05, 3.63) is 28.2 Å². The first-order chi connectivity index (χ1) is 8.95. The maximum absolute atomic E-state index is 12.3. The summed E-state index contributed by atoms with van der Waals surface area (Å²) in [6.07, 6.45) is 0.952. The molecular formula is C14H21BrN2O2. The van der Waals surface area contributed by atoms with Gasteiger partial charge in [-0.05, 0) is 45.3 Å². The molecule has 0 bridgehead atoms. The summed E-state index contributed by atoms with van der Waals surface area (Å²) in [5, 5.41) is 0. The number of halogens is 1. The minimum Gasteiger partial charge on any atom is -0.496 e. The van der Waals surface area contributed by atoms with Crippen molar-refractivity contribution in [2.75, 3.05) is 41.3 Å². The summed E-state index contributed by atoms with van der Waals surface area (Å²) in [7, 11) is 7.45. The van der Waals surface area contributed by atoms with E-state index in [1.807, 2.05) is 27.2 Å². The van der Waals surface area contributed by atoms with Crippen LogP contribution in [-0.2, 0) is 0 Å². The Labute approximate surface area is 123 Å². The number of hydrogen-bond acceptors (Lipinski definition) is 3. The van der Waals surface area contributed by atoms with Crippen LogP contribution in [0.4, 0.5) is 0 Å². The zero-order valence-electron chi connectivity index (χ0n) is 11.9. The minimum absolute atomic E-state index is 0.0110. The van der Waals surface area contributed by atoms with Gasteiger partial charge in [0.2, 0.25) is 0 Å². The largest absolute Gasteiger partial charge is 0.496 e. The van der Waals surface area contributed by atoms with E-state index in [0.717, 1.165) is 24.0 Å². The lowest BCUT2D eigenvalue weighted by Crippen LogP contribution is -2.30. The third-order valence-electron chi connectivity index (χ3n) is 2.84. The Bertz CT molecular complexity index is 435. The fourth-order valence-corrected chi connectivity index (χ4v) is 2.11. The molecule has 0 atom stereocenters. The van der Waals surface area contributed by atoms with Gasteiger partial charge in [-0.25, -0.2) is 0 Å². The Balaban J connectivity index is 2.71. The second kappa shape index (κ2) is 7.50. The molecule has 0 saturated heterocycles. The molecule has 0 fully saturated rings. The third-order valence-corrected chi connectivity index (χ3v) is 3.33. The lowest BCUT2D eigenvalue weighted by Gasteiger charge is -2.19. The van der Waals surface area contributed by atoms with E-state index in [0.29, 0.717) is 11.3 Å². The molecule has 0 spiro atoms. The van der Waals surface area contributed by atoms with Crippen molar-refractivity contribution < 1.29 is 9.53 Å². The molecule has 1 aromatic carbocycles. The van der Waals surface area contributed by atoms with E-state index in [2.05, 4.69) is 20.8 Å². The van der Waals surface area contributed by atoms with Crippen LogP contribution in [0.1, 0.15) is 16.8 Å². The van der Waals surface area contributed by atoms with Crippen LogP contribution in [0.3, 0.4) is 0 Å². The van der Waals surface area contributed by atoms with E-state index in [-0.39, 0.29) is 5.91 Å². The predicted octanol–water partition coefficient (Wildman–Crippen LogP) is 2.48. The Kier molecular flexibility index (Phi) is 6.31. The normalized spacial score (nSPS) is 10.6. The molecule has 19 heavy (non-hydrogen) atoms. The monoisotopic (exact) mass is 328 g/mol. The van der Waals surface area contributed by atoms with Gasteiger partial charge in [0, 0.05) is 18.1 Å². The maximum Gasteiger partial charge on any atom is 0.257 e. The topological polar surface area (TPSA) is 32.8 Å². The summed E-state index contributed by atoms with van der Waals surface area (Å²) < 4.78 is 6.15. The number of rotatable bonds is 6. The minimum atomic E-state index is -0.0110. The molecule has 0 heterocycles. The Morgan fingerprint density at radius 1 is 1.26 bits per heavy atom. The average Bonchev–Trinajstić information content (AvgIpc) is 2.37. The number of ether oxygens (including phenoxy) is 1. The lowest BCUT2D eigenvalue weighted by atomic mass is 10.1. The molecule has 106 valence electrons. The van der Waals surface area contributed by atoms with Gasteiger partial charge in [-0.15, -0.1) is 0 Å². The average molecular weight is 329 g/mol. The zero-order valence-corrected chi connectivity index (χ0v) is 13.5. The van der Waals surface area contributed by atoms with Crippen molar-refractivity contribution in [1.29, 1.82) is 0 Å². The smallest absolute Gasteiger partial charge is 0.257 e. The molecule has 4 nitrogen and oxygen atoms in total. The van der Waals surface area contributed by atoms with Crippen molar-refractivity contribution in [2.24, 2.45) is 0 Å². The second-order valence-electron chi connectivity index (χ2n) is 4.73. The number of hydrogen-bond donors (Lipinski definition) is 0. The SMILES string of the molecule is COc1cc(Br)ccc1C(=O)N(C)CCCN(C)C. The fraction of sp³-hybridized carbons (Fsp3) is 0.500. The van der Waals surface area contributed by atoms with Crippen molar-refractivity contribution >= 4 is 21.8 Å². The molecule has 0 aliphatic carbocycles. The molecule has 0 radical (unpaired) electrons. The zero-order chi connectivity index (χ0) is 14.4. The summed E-state index contributed by atoms with van der Waals surface area (Å²) in [6.45, 7) is 1.70. The van der Waals surface area contributed by atoms with Gasteiger partial charge in [-0.3, -0.25) is 4.79 Å². The standard InChI is InChI=1S/C14H21BrN2O2/c1-16(2)8-5-9-17(3)14(18)12-7-6-11(15)10-13(12)19-4/h6-7,10H,5,8-9H2,1-4H3. The molecule has 1 rings (SSSR count). The lowest BCUT2D eigenvalue weighted by molar-refractivity contribution is 0.0787. The van der Waals surface area contributed by atoms with Gasteiger partial charge >= 0.3 is 0 Å². The molecule has 0 aliphatic rings. The van der Waals surface area contributed by atoms with E-state index in [4.69, 9.17) is 4.74 Å². The van der Waals surface area contributed by atoms with Crippen molar-refractivity contribution in [1.82, 2.24) is 9.80 Å². The van der Waals surface area contributed by atoms with Crippen molar-refractivity contribution in [3.63, 3.8) is 0 Å². The maximum atomic E-state index is 12.3. The second-order valence-corrected chi connectivity index (χ2v) is 5.64. The molecule has 0 aliphatic heterocycles. The van der Waals surface area contributed by atoms with Crippen LogP contribution in [-0.4, -0.2) is 57.0 Å². The predicted molar refractivity (Wildman–Crippen MR) is 80.8 cm³/mol. The van der Waals surface area contributed by atoms with E-state index < -0.39 is 0 Å². The van der Waals surface area contributed by atoms with Crippen LogP contribution in [0.25, 0.3) is 0 Å². The molecule has 0 N–H and O–H groups in total. The summed E-state index contributed by atoms with van der Waals surface area (Å²) >= 11 is 3.37. The number of carbonyl (C=O) groups is 1. The number of methoxy groups -OCH3 is 1. The highest BCUT2D eigenvalue weighted by atomic mass is 79.9. The quantitative estimate of drug-likeness (QED) is 0.804. The summed E-state index contributed by atoms with van der Waals surface area (Å²) in [5.74, 6) is 0.585. The Morgan fingerprint density at radius 3 is 2.53 bits per heavy atom. The molecular weight excluding hydrogens is 308 g/mol. The van der Waals surface area contributed by atoms with E-state index in [1.165, 1.54) is 0 Å². The Morgan fingerprint density at radius 2 is 1.95 bits per heavy atom. The summed E-state index contributed by atoms with van der Waals surface area (Å²) in [6, 6.07) is 5.44. The van der Waals surface area contributed by atoms with E-state index in [1.54, 1.807) is 24.1 Å². The van der Waals surface area contributed by atoms with Crippen LogP contribution in [0.2, 0.25) is 0 Å². The molecule has 5 heteroatoms. The first kappa shape index (κ1) is 16.0. The summed E-state index contributed by atoms with van der Waals surface area (Å²) in [5.41, 5.74) is 0.595. The van der Waals surface area contributed by atoms with Crippen LogP contribution < -0.4 is 4.74 Å². The van der Waals surface area contributed by atoms with Crippen LogP contribution >= 0.6 is 15.9 Å². The highest BCUT2D eigenvalue weighted by Gasteiger charge is 2.16. The fourth-order valence-electron chi connectivity index (χ4n) is 1.77. The van der Waals surface area contributed by atoms with Gasteiger partial charge < -0.3 is 14.5 Å². The first-order valence-electron chi connectivity index (χ1n) is 6.19. The third kappa shape index (κ3) is 4.84. The van der Waals surface area contributed by atoms with Crippen LogP contribution in [0, 0.1) is 0 Å². The van der Waals surface area contributed by atoms with Gasteiger partial charge in [0.1, 0.15) is 5.75 Å². The van der Waals surface area contributed by atoms with E-state index in [9.17, 15) is 4.79 Å². The summed E-state index contributed by atoms with van der Waals surface area (Å²) in [4.78, 5) is 16.2. The first-order valence-corrected chi connectivity index (χ1v) is 6.98. The van der Waals surface area contributed by atoms with Gasteiger partial charge in [-0.1, -0.05) is 15.9 Å². The number of benzene rings is 1. The molecule has 0 aromatic heterocycles. The van der Waals surface area contributed by atoms with Gasteiger partial charge in [0.25, 0.3) is 5.91 Å². The molecule has 0 saturated carbocycles. The Hall–Kier alpha value is -1.07. The van der Waals surface area contributed by atoms with Gasteiger partial charge in [0.15, 0.2) is 0 Å². The van der Waals surface area contributed by atoms with Crippen molar-refractivity contribution in [3.8, 4) is 5.75 Å². The van der Waals surface area contributed by atoms with Gasteiger partial charge in [0.05, 0.1) is 12.7 Å². The molecule has 1 aromatic rings. The van der Waals surface area contributed by atoms with E-state index >= 15 is 0 Å². The van der Waals surface area contributed by atoms with Crippen LogP contribution in [0.15, 0.2) is 22.7 Å². The molecule has 1 amide bonds. The molecule has 0 unspecified atom stereocenters. The highest BCUT2D eigenvalue weighted by molar-refractivity contribution is 9.10. The van der Waals surface area contributed by atoms with Crippen molar-refractivity contribution in [2.45, 2.75) is 6.42 Å². The van der Waals surface area contributed by atoms with Crippen LogP contribution in [0.5, 0.6) is 5.75 Å². The highest BCUT2D eigenvalue weighted by Crippen LogP contribution is 2.24.